The second-order valence-corrected chi connectivity index (χ2v) is 4.75. The van der Waals surface area contributed by atoms with Gasteiger partial charge in [-0.1, -0.05) is 20.3 Å². The summed E-state index contributed by atoms with van der Waals surface area (Å²) in [5.41, 5.74) is 0. The Hall–Kier alpha value is -0.640. The Morgan fingerprint density at radius 2 is 2.07 bits per heavy atom. The molecule has 0 bridgehead atoms. The van der Waals surface area contributed by atoms with E-state index in [1.54, 1.807) is 0 Å². The molecule has 1 aromatic rings. The van der Waals surface area contributed by atoms with Crippen molar-refractivity contribution in [2.75, 3.05) is 5.32 Å². The maximum absolute atomic E-state index is 4.34. The van der Waals surface area contributed by atoms with Crippen molar-refractivity contribution in [2.45, 2.75) is 40.2 Å². The van der Waals surface area contributed by atoms with Gasteiger partial charge in [-0.25, -0.2) is 9.97 Å². The van der Waals surface area contributed by atoms with Gasteiger partial charge in [0.25, 0.3) is 0 Å². The Kier molecular flexibility index (Phi) is 4.51. The second-order valence-electron chi connectivity index (χ2n) is 3.94. The molecule has 1 aromatic heterocycles. The molecule has 1 N–H and O–H groups in total. The van der Waals surface area contributed by atoms with E-state index in [2.05, 4.69) is 52.0 Å². The van der Waals surface area contributed by atoms with Crippen molar-refractivity contribution >= 4 is 21.7 Å². The van der Waals surface area contributed by atoms with E-state index >= 15 is 0 Å². The largest absolute Gasteiger partial charge is 0.367 e. The fraction of sp³-hybridized carbons (Fsp3) is 0.636. The molecule has 0 radical (unpaired) electrons. The van der Waals surface area contributed by atoms with Gasteiger partial charge in [0.1, 0.15) is 16.2 Å². The Bertz CT molecular complexity index is 307. The molecule has 0 fully saturated rings. The molecule has 0 amide bonds. The van der Waals surface area contributed by atoms with E-state index < -0.39 is 0 Å². The van der Waals surface area contributed by atoms with Crippen molar-refractivity contribution in [1.29, 1.82) is 0 Å². The fourth-order valence-corrected chi connectivity index (χ4v) is 1.81. The number of anilines is 1. The third-order valence-electron chi connectivity index (χ3n) is 2.68. The van der Waals surface area contributed by atoms with Gasteiger partial charge in [0, 0.05) is 12.1 Å². The van der Waals surface area contributed by atoms with Crippen LogP contribution in [0.2, 0.25) is 0 Å². The van der Waals surface area contributed by atoms with Crippen molar-refractivity contribution < 1.29 is 0 Å². The van der Waals surface area contributed by atoms with Crippen LogP contribution in [0.5, 0.6) is 0 Å². The third-order valence-corrected chi connectivity index (χ3v) is 3.09. The molecule has 0 spiro atoms. The van der Waals surface area contributed by atoms with Crippen LogP contribution in [0, 0.1) is 12.8 Å². The number of nitrogens with one attached hydrogen (secondary N) is 1. The summed E-state index contributed by atoms with van der Waals surface area (Å²) in [7, 11) is 0. The summed E-state index contributed by atoms with van der Waals surface area (Å²) in [5, 5.41) is 3.39. The lowest BCUT2D eigenvalue weighted by Crippen LogP contribution is -2.24. The highest BCUT2D eigenvalue weighted by Gasteiger charge is 2.10. The second kappa shape index (κ2) is 5.45. The summed E-state index contributed by atoms with van der Waals surface area (Å²) in [4.78, 5) is 8.51. The van der Waals surface area contributed by atoms with E-state index in [-0.39, 0.29) is 0 Å². The molecule has 3 nitrogen and oxygen atoms in total. The standard InChI is InChI=1S/C11H18BrN3/c1-5-7(2)8(3)13-11-6-10(12)14-9(4)15-11/h6-8H,5H2,1-4H3,(H,13,14,15). The Labute approximate surface area is 99.8 Å². The Morgan fingerprint density at radius 3 is 2.60 bits per heavy atom. The number of nitrogens with zero attached hydrogens (tertiary/aromatic N) is 2. The van der Waals surface area contributed by atoms with Crippen molar-refractivity contribution in [3.8, 4) is 0 Å². The number of hydrogen-bond acceptors (Lipinski definition) is 3. The highest BCUT2D eigenvalue weighted by Crippen LogP contribution is 2.16. The van der Waals surface area contributed by atoms with E-state index in [1.807, 2.05) is 13.0 Å². The van der Waals surface area contributed by atoms with Gasteiger partial charge in [-0.2, -0.15) is 0 Å². The summed E-state index contributed by atoms with van der Waals surface area (Å²) in [6.45, 7) is 8.51. The van der Waals surface area contributed by atoms with Crippen molar-refractivity contribution in [1.82, 2.24) is 9.97 Å². The first kappa shape index (κ1) is 12.4. The highest BCUT2D eigenvalue weighted by atomic mass is 79.9. The minimum Gasteiger partial charge on any atom is -0.367 e. The average molecular weight is 272 g/mol. The molecule has 0 aliphatic rings. The topological polar surface area (TPSA) is 37.8 Å². The monoisotopic (exact) mass is 271 g/mol. The third kappa shape index (κ3) is 3.78. The predicted octanol–water partition coefficient (Wildman–Crippen LogP) is 3.39. The number of aryl methyl sites for hydroxylation is 1. The minimum atomic E-state index is 0.427. The zero-order valence-electron chi connectivity index (χ0n) is 9.71. The summed E-state index contributed by atoms with van der Waals surface area (Å²) >= 11 is 3.37. The van der Waals surface area contributed by atoms with Crippen LogP contribution in [0.1, 0.15) is 33.0 Å². The zero-order valence-corrected chi connectivity index (χ0v) is 11.3. The molecule has 0 aliphatic heterocycles. The van der Waals surface area contributed by atoms with E-state index in [4.69, 9.17) is 0 Å². The Morgan fingerprint density at radius 1 is 1.40 bits per heavy atom. The molecule has 0 aliphatic carbocycles. The Balaban J connectivity index is 2.72. The van der Waals surface area contributed by atoms with Gasteiger partial charge in [0.2, 0.25) is 0 Å². The van der Waals surface area contributed by atoms with Crippen LogP contribution in [0.3, 0.4) is 0 Å². The maximum atomic E-state index is 4.34. The predicted molar refractivity (Wildman–Crippen MR) is 67.0 cm³/mol. The molecule has 1 heterocycles. The molecule has 1 rings (SSSR count). The normalized spacial score (nSPS) is 14.7. The number of rotatable bonds is 4. The molecule has 0 saturated carbocycles. The van der Waals surface area contributed by atoms with E-state index in [0.717, 1.165) is 16.2 Å². The van der Waals surface area contributed by atoms with Gasteiger partial charge in [-0.3, -0.25) is 0 Å². The van der Waals surface area contributed by atoms with Crippen molar-refractivity contribution in [2.24, 2.45) is 5.92 Å². The summed E-state index contributed by atoms with van der Waals surface area (Å²) in [5.74, 6) is 2.31. The van der Waals surface area contributed by atoms with Gasteiger partial charge >= 0.3 is 0 Å². The fourth-order valence-electron chi connectivity index (χ4n) is 1.33. The van der Waals surface area contributed by atoms with Gasteiger partial charge in [0.15, 0.2) is 0 Å². The van der Waals surface area contributed by atoms with E-state index in [1.165, 1.54) is 6.42 Å². The van der Waals surface area contributed by atoms with Gasteiger partial charge < -0.3 is 5.32 Å². The van der Waals surface area contributed by atoms with E-state index in [0.29, 0.717) is 12.0 Å². The van der Waals surface area contributed by atoms with E-state index in [9.17, 15) is 0 Å². The molecule has 2 unspecified atom stereocenters. The lowest BCUT2D eigenvalue weighted by Gasteiger charge is -2.20. The average Bonchev–Trinajstić information content (AvgIpc) is 2.14. The molecule has 0 aromatic carbocycles. The molecular formula is C11H18BrN3. The van der Waals surface area contributed by atoms with Crippen LogP contribution >= 0.6 is 15.9 Å². The lowest BCUT2D eigenvalue weighted by molar-refractivity contribution is 0.493. The first-order chi connectivity index (χ1) is 7.02. The first-order valence-electron chi connectivity index (χ1n) is 5.30. The van der Waals surface area contributed by atoms with Crippen LogP contribution < -0.4 is 5.32 Å². The SMILES string of the molecule is CCC(C)C(C)Nc1cc(Br)nc(C)n1. The van der Waals surface area contributed by atoms with Crippen molar-refractivity contribution in [3.63, 3.8) is 0 Å². The van der Waals surface area contributed by atoms with Gasteiger partial charge in [-0.05, 0) is 35.7 Å². The molecule has 2 atom stereocenters. The van der Waals surface area contributed by atoms with Crippen LogP contribution in [-0.2, 0) is 0 Å². The minimum absolute atomic E-state index is 0.427. The first-order valence-corrected chi connectivity index (χ1v) is 6.10. The maximum Gasteiger partial charge on any atom is 0.131 e. The number of halogens is 1. The number of aromatic nitrogens is 2. The van der Waals surface area contributed by atoms with Crippen molar-refractivity contribution in [3.05, 3.63) is 16.5 Å². The molecule has 4 heteroatoms. The lowest BCUT2D eigenvalue weighted by atomic mass is 10.0. The van der Waals surface area contributed by atoms with Crippen LogP contribution in [0.25, 0.3) is 0 Å². The summed E-state index contributed by atoms with van der Waals surface area (Å²) in [6.07, 6.45) is 1.17. The molecular weight excluding hydrogens is 254 g/mol. The number of hydrogen-bond donors (Lipinski definition) is 1. The molecule has 15 heavy (non-hydrogen) atoms. The van der Waals surface area contributed by atoms with Crippen LogP contribution in [-0.4, -0.2) is 16.0 Å². The molecule has 0 saturated heterocycles. The van der Waals surface area contributed by atoms with Crippen LogP contribution in [0.4, 0.5) is 5.82 Å². The quantitative estimate of drug-likeness (QED) is 0.854. The molecule has 84 valence electrons. The zero-order chi connectivity index (χ0) is 11.4. The van der Waals surface area contributed by atoms with Gasteiger partial charge in [-0.15, -0.1) is 0 Å². The highest BCUT2D eigenvalue weighted by molar-refractivity contribution is 9.10. The van der Waals surface area contributed by atoms with Gasteiger partial charge in [0.05, 0.1) is 0 Å². The van der Waals surface area contributed by atoms with Crippen LogP contribution in [0.15, 0.2) is 10.7 Å². The summed E-state index contributed by atoms with van der Waals surface area (Å²) < 4.78 is 0.828. The smallest absolute Gasteiger partial charge is 0.131 e. The summed E-state index contributed by atoms with van der Waals surface area (Å²) in [6, 6.07) is 2.34.